The molecule has 4 aromatic rings. The van der Waals surface area contributed by atoms with Crippen molar-refractivity contribution in [2.75, 3.05) is 23.3 Å². The van der Waals surface area contributed by atoms with Crippen LogP contribution in [-0.2, 0) is 16.6 Å². The number of carbonyl (C=O) groups is 1. The van der Waals surface area contributed by atoms with Crippen molar-refractivity contribution in [1.82, 2.24) is 19.9 Å². The van der Waals surface area contributed by atoms with E-state index in [1.54, 1.807) is 17.3 Å². The number of likely N-dealkylation sites (N-methyl/N-ethyl adjacent to an activating group) is 1. The normalized spacial score (nSPS) is 14.6. The zero-order valence-corrected chi connectivity index (χ0v) is 18.9. The summed E-state index contributed by atoms with van der Waals surface area (Å²) in [6, 6.07) is 11.6. The number of hydrogen-bond acceptors (Lipinski definition) is 5. The number of anilines is 2. The van der Waals surface area contributed by atoms with E-state index in [0.717, 1.165) is 34.4 Å². The maximum atomic E-state index is 12.8. The molecule has 4 heterocycles. The van der Waals surface area contributed by atoms with Crippen molar-refractivity contribution in [2.24, 2.45) is 0 Å². The minimum Gasteiger partial charge on any atom is -0.384 e. The van der Waals surface area contributed by atoms with Gasteiger partial charge in [0.2, 0.25) is 5.91 Å². The van der Waals surface area contributed by atoms with E-state index in [2.05, 4.69) is 20.3 Å². The summed E-state index contributed by atoms with van der Waals surface area (Å²) in [6.45, 7) is 7.08. The molecule has 33 heavy (non-hydrogen) atoms. The molecule has 1 amide bonds. The Morgan fingerprint density at radius 2 is 2.00 bits per heavy atom. The molecule has 3 aromatic heterocycles. The van der Waals surface area contributed by atoms with Gasteiger partial charge in [-0.3, -0.25) is 14.6 Å². The largest absolute Gasteiger partial charge is 0.384 e. The van der Waals surface area contributed by atoms with E-state index in [1.807, 2.05) is 57.2 Å². The highest BCUT2D eigenvalue weighted by molar-refractivity contribution is 6.09. The summed E-state index contributed by atoms with van der Waals surface area (Å²) in [5.41, 5.74) is 4.67. The third-order valence-electron chi connectivity index (χ3n) is 6.28. The van der Waals surface area contributed by atoms with Gasteiger partial charge in [-0.25, -0.2) is 4.98 Å². The average molecular weight is 443 g/mol. The Labute approximate surface area is 191 Å². The van der Waals surface area contributed by atoms with Crippen LogP contribution in [0.25, 0.3) is 22.4 Å². The number of benzene rings is 1. The van der Waals surface area contributed by atoms with Crippen LogP contribution in [0.5, 0.6) is 0 Å². The number of nitrogens with zero attached hydrogens (tertiary/aromatic N) is 3. The molecule has 8 heteroatoms. The number of hydrogen-bond donors (Lipinski definition) is 3. The molecule has 0 spiro atoms. The van der Waals surface area contributed by atoms with E-state index in [1.165, 1.54) is 0 Å². The standard InChI is InChI=1S/C25H26N6O2/c1-4-31-20-14-19-18(13-16(20)25(2,3)24(31)33)29-22(30-19)21-17(9-12-28-23(21)32)27-11-8-15-7-5-6-10-26-15/h5-7,9-10,12-14H,4,8,11H2,1-3H3,(H,29,30)(H2,27,28,32). The number of aromatic nitrogens is 4. The van der Waals surface area contributed by atoms with Crippen molar-refractivity contribution in [3.05, 3.63) is 70.4 Å². The third-order valence-corrected chi connectivity index (χ3v) is 6.28. The van der Waals surface area contributed by atoms with E-state index in [0.29, 0.717) is 30.2 Å². The van der Waals surface area contributed by atoms with Gasteiger partial charge >= 0.3 is 0 Å². The van der Waals surface area contributed by atoms with Crippen molar-refractivity contribution in [1.29, 1.82) is 0 Å². The highest BCUT2D eigenvalue weighted by atomic mass is 16.2. The molecule has 0 fully saturated rings. The number of aromatic amines is 2. The molecule has 1 aliphatic heterocycles. The lowest BCUT2D eigenvalue weighted by Crippen LogP contribution is -2.35. The Morgan fingerprint density at radius 1 is 1.15 bits per heavy atom. The topological polar surface area (TPSA) is 107 Å². The van der Waals surface area contributed by atoms with Gasteiger partial charge in [-0.1, -0.05) is 6.07 Å². The monoisotopic (exact) mass is 442 g/mol. The minimum absolute atomic E-state index is 0.0896. The Balaban J connectivity index is 1.51. The van der Waals surface area contributed by atoms with Crippen LogP contribution in [0, 0.1) is 0 Å². The fourth-order valence-electron chi connectivity index (χ4n) is 4.50. The Morgan fingerprint density at radius 3 is 2.76 bits per heavy atom. The zero-order valence-electron chi connectivity index (χ0n) is 18.9. The summed E-state index contributed by atoms with van der Waals surface area (Å²) in [4.78, 5) is 42.5. The van der Waals surface area contributed by atoms with Gasteiger partial charge in [-0.15, -0.1) is 0 Å². The Hall–Kier alpha value is -3.94. The quantitative estimate of drug-likeness (QED) is 0.423. The van der Waals surface area contributed by atoms with Gasteiger partial charge in [0, 0.05) is 37.6 Å². The Kier molecular flexibility index (Phi) is 5.00. The van der Waals surface area contributed by atoms with Crippen LogP contribution in [0.15, 0.2) is 53.6 Å². The number of imidazole rings is 1. The number of fused-ring (bicyclic) bond motifs is 2. The molecular formula is C25H26N6O2. The third kappa shape index (κ3) is 3.47. The first-order valence-corrected chi connectivity index (χ1v) is 11.1. The van der Waals surface area contributed by atoms with Crippen LogP contribution in [-0.4, -0.2) is 38.9 Å². The van der Waals surface area contributed by atoms with Gasteiger partial charge in [0.05, 0.1) is 27.8 Å². The maximum absolute atomic E-state index is 12.8. The summed E-state index contributed by atoms with van der Waals surface area (Å²) in [5, 5.41) is 3.35. The molecule has 0 saturated heterocycles. The van der Waals surface area contributed by atoms with Crippen LogP contribution < -0.4 is 15.8 Å². The van der Waals surface area contributed by atoms with Crippen molar-refractivity contribution >= 4 is 28.3 Å². The molecule has 5 rings (SSSR count). The lowest BCUT2D eigenvalue weighted by atomic mass is 9.86. The first-order chi connectivity index (χ1) is 15.9. The van der Waals surface area contributed by atoms with Gasteiger partial charge in [0.1, 0.15) is 11.4 Å². The van der Waals surface area contributed by atoms with Gasteiger partial charge in [0.15, 0.2) is 0 Å². The number of carbonyl (C=O) groups excluding carboxylic acids is 1. The van der Waals surface area contributed by atoms with Gasteiger partial charge in [-0.05, 0) is 56.7 Å². The van der Waals surface area contributed by atoms with Crippen molar-refractivity contribution in [2.45, 2.75) is 32.6 Å². The number of pyridine rings is 2. The van der Waals surface area contributed by atoms with Crippen LogP contribution in [0.4, 0.5) is 11.4 Å². The second kappa shape index (κ2) is 7.88. The number of H-pyrrole nitrogens is 2. The van der Waals surface area contributed by atoms with Crippen molar-refractivity contribution in [3.8, 4) is 11.4 Å². The summed E-state index contributed by atoms with van der Waals surface area (Å²) < 4.78 is 0. The first kappa shape index (κ1) is 20.9. The fourth-order valence-corrected chi connectivity index (χ4v) is 4.50. The zero-order chi connectivity index (χ0) is 23.2. The van der Waals surface area contributed by atoms with Crippen LogP contribution >= 0.6 is 0 Å². The van der Waals surface area contributed by atoms with E-state index < -0.39 is 5.41 Å². The number of amides is 1. The van der Waals surface area contributed by atoms with Crippen molar-refractivity contribution in [3.63, 3.8) is 0 Å². The summed E-state index contributed by atoms with van der Waals surface area (Å²) in [6.07, 6.45) is 4.13. The van der Waals surface area contributed by atoms with Crippen LogP contribution in [0.3, 0.4) is 0 Å². The molecule has 0 radical (unpaired) electrons. The molecule has 0 aliphatic carbocycles. The number of nitrogens with one attached hydrogen (secondary N) is 3. The Bertz CT molecular complexity index is 1400. The second-order valence-corrected chi connectivity index (χ2v) is 8.74. The lowest BCUT2D eigenvalue weighted by molar-refractivity contribution is -0.122. The molecule has 3 N–H and O–H groups in total. The van der Waals surface area contributed by atoms with Crippen molar-refractivity contribution < 1.29 is 4.79 Å². The number of rotatable bonds is 6. The fraction of sp³-hybridized carbons (Fsp3) is 0.280. The molecular weight excluding hydrogens is 416 g/mol. The molecule has 0 bridgehead atoms. The SMILES string of the molecule is CCN1C(=O)C(C)(C)c2cc3[nH]c(-c4c(NCCc5ccccn5)cc[nH]c4=O)nc3cc21. The lowest BCUT2D eigenvalue weighted by Gasteiger charge is -2.18. The van der Waals surface area contributed by atoms with E-state index in [9.17, 15) is 9.59 Å². The smallest absolute Gasteiger partial charge is 0.261 e. The predicted molar refractivity (Wildman–Crippen MR) is 130 cm³/mol. The first-order valence-electron chi connectivity index (χ1n) is 11.1. The summed E-state index contributed by atoms with van der Waals surface area (Å²) >= 11 is 0. The van der Waals surface area contributed by atoms with Gasteiger partial charge in [0.25, 0.3) is 5.56 Å². The summed E-state index contributed by atoms with van der Waals surface area (Å²) in [7, 11) is 0. The van der Waals surface area contributed by atoms with Crippen LogP contribution in [0.2, 0.25) is 0 Å². The molecule has 0 saturated carbocycles. The highest BCUT2D eigenvalue weighted by Gasteiger charge is 2.43. The minimum atomic E-state index is -0.604. The molecule has 1 aromatic carbocycles. The van der Waals surface area contributed by atoms with Crippen LogP contribution in [0.1, 0.15) is 32.0 Å². The molecule has 8 nitrogen and oxygen atoms in total. The predicted octanol–water partition coefficient (Wildman–Crippen LogP) is 3.61. The molecule has 1 aliphatic rings. The van der Waals surface area contributed by atoms with E-state index in [-0.39, 0.29) is 11.5 Å². The van der Waals surface area contributed by atoms with Gasteiger partial charge in [-0.2, -0.15) is 0 Å². The highest BCUT2D eigenvalue weighted by Crippen LogP contribution is 2.43. The molecule has 168 valence electrons. The maximum Gasteiger partial charge on any atom is 0.261 e. The molecule has 0 atom stereocenters. The average Bonchev–Trinajstić information content (AvgIpc) is 3.29. The van der Waals surface area contributed by atoms with E-state index in [4.69, 9.17) is 4.98 Å². The second-order valence-electron chi connectivity index (χ2n) is 8.74. The van der Waals surface area contributed by atoms with E-state index >= 15 is 0 Å². The molecule has 0 unspecified atom stereocenters. The van der Waals surface area contributed by atoms with Gasteiger partial charge < -0.3 is 20.2 Å². The summed E-state index contributed by atoms with van der Waals surface area (Å²) in [5.74, 6) is 0.579.